The Morgan fingerprint density at radius 3 is 1.71 bits per heavy atom. The van der Waals surface area contributed by atoms with Gasteiger partial charge in [0.1, 0.15) is 0 Å². The van der Waals surface area contributed by atoms with Crippen molar-refractivity contribution >= 4 is 52.1 Å². The van der Waals surface area contributed by atoms with Crippen molar-refractivity contribution in [1.82, 2.24) is 0 Å². The number of nitrogen functional groups attached to an aromatic ring is 1. The molecule has 0 heterocycles. The fourth-order valence-electron chi connectivity index (χ4n) is 1.43. The average molecular weight is 307 g/mol. The second kappa shape index (κ2) is 4.95. The summed E-state index contributed by atoms with van der Waals surface area (Å²) in [5.41, 5.74) is 7.76. The molecule has 0 bridgehead atoms. The lowest BCUT2D eigenvalue weighted by molar-refractivity contribution is 1.61. The van der Waals surface area contributed by atoms with Crippen molar-refractivity contribution in [3.05, 3.63) is 50.4 Å². The van der Waals surface area contributed by atoms with Gasteiger partial charge in [-0.3, -0.25) is 0 Å². The minimum Gasteiger partial charge on any atom is -0.396 e. The highest BCUT2D eigenvalue weighted by Crippen LogP contribution is 2.35. The maximum Gasteiger partial charge on any atom is 0.0693 e. The van der Waals surface area contributed by atoms with Crippen molar-refractivity contribution in [3.8, 4) is 11.1 Å². The molecule has 0 amide bonds. The van der Waals surface area contributed by atoms with Gasteiger partial charge < -0.3 is 5.73 Å². The van der Waals surface area contributed by atoms with E-state index >= 15 is 0 Å². The van der Waals surface area contributed by atoms with Crippen LogP contribution in [0.1, 0.15) is 0 Å². The third-order valence-electron chi connectivity index (χ3n) is 2.33. The lowest BCUT2D eigenvalue weighted by Crippen LogP contribution is -1.89. The third-order valence-corrected chi connectivity index (χ3v) is 3.70. The summed E-state index contributed by atoms with van der Waals surface area (Å²) in [6.45, 7) is 0. The normalized spacial score (nSPS) is 10.6. The van der Waals surface area contributed by atoms with Crippen molar-refractivity contribution in [3.63, 3.8) is 0 Å². The van der Waals surface area contributed by atoms with Crippen molar-refractivity contribution in [2.24, 2.45) is 0 Å². The number of benzene rings is 2. The predicted molar refractivity (Wildman–Crippen MR) is 76.3 cm³/mol. The smallest absolute Gasteiger partial charge is 0.0693 e. The van der Waals surface area contributed by atoms with Gasteiger partial charge >= 0.3 is 0 Å². The first-order chi connectivity index (χ1) is 7.99. The predicted octanol–water partition coefficient (Wildman–Crippen LogP) is 5.55. The molecule has 0 radical (unpaired) electrons. The van der Waals surface area contributed by atoms with Gasteiger partial charge in [-0.2, -0.15) is 0 Å². The highest BCUT2D eigenvalue weighted by molar-refractivity contribution is 6.42. The molecule has 0 aliphatic heterocycles. The van der Waals surface area contributed by atoms with E-state index in [-0.39, 0.29) is 0 Å². The summed E-state index contributed by atoms with van der Waals surface area (Å²) in [7, 11) is 0. The van der Waals surface area contributed by atoms with Crippen LogP contribution in [0.25, 0.3) is 11.1 Å². The summed E-state index contributed by atoms with van der Waals surface area (Å²) >= 11 is 23.7. The van der Waals surface area contributed by atoms with Gasteiger partial charge in [0.05, 0.1) is 25.8 Å². The Morgan fingerprint density at radius 1 is 0.647 bits per heavy atom. The maximum absolute atomic E-state index is 5.97. The Kier molecular flexibility index (Phi) is 3.74. The zero-order valence-electron chi connectivity index (χ0n) is 8.48. The number of hydrogen-bond acceptors (Lipinski definition) is 1. The van der Waals surface area contributed by atoms with Crippen LogP contribution >= 0.6 is 46.4 Å². The molecule has 0 saturated heterocycles. The summed E-state index contributed by atoms with van der Waals surface area (Å²) in [6, 6.07) is 8.79. The lowest BCUT2D eigenvalue weighted by Gasteiger charge is -2.07. The molecule has 17 heavy (non-hydrogen) atoms. The van der Waals surface area contributed by atoms with Gasteiger partial charge in [-0.1, -0.05) is 52.5 Å². The van der Waals surface area contributed by atoms with Crippen molar-refractivity contribution in [1.29, 1.82) is 0 Å². The largest absolute Gasteiger partial charge is 0.396 e. The first-order valence-electron chi connectivity index (χ1n) is 4.69. The standard InChI is InChI=1S/C12H7Cl4N/c13-8-2-1-6(3-9(8)14)7-4-10(15)12(17)11(16)5-7/h1-5H,17H2. The van der Waals surface area contributed by atoms with Crippen molar-refractivity contribution in [2.75, 3.05) is 5.73 Å². The summed E-state index contributed by atoms with van der Waals surface area (Å²) in [4.78, 5) is 0. The number of anilines is 1. The Morgan fingerprint density at radius 2 is 1.18 bits per heavy atom. The molecule has 88 valence electrons. The Balaban J connectivity index is 2.57. The quantitative estimate of drug-likeness (QED) is 0.687. The molecule has 0 fully saturated rings. The van der Waals surface area contributed by atoms with Gasteiger partial charge in [-0.05, 0) is 35.4 Å². The van der Waals surface area contributed by atoms with Crippen LogP contribution in [0.3, 0.4) is 0 Å². The molecule has 0 spiro atoms. The summed E-state index contributed by atoms with van der Waals surface area (Å²) in [5, 5.41) is 1.81. The number of rotatable bonds is 1. The Bertz CT molecular complexity index is 558. The zero-order chi connectivity index (χ0) is 12.6. The molecule has 0 aliphatic rings. The van der Waals surface area contributed by atoms with E-state index in [2.05, 4.69) is 0 Å². The van der Waals surface area contributed by atoms with Gasteiger partial charge in [0.15, 0.2) is 0 Å². The van der Waals surface area contributed by atoms with E-state index in [4.69, 9.17) is 52.1 Å². The molecule has 1 nitrogen and oxygen atoms in total. The molecule has 0 aliphatic carbocycles. The Hall–Kier alpha value is -0.600. The number of hydrogen-bond donors (Lipinski definition) is 1. The topological polar surface area (TPSA) is 26.0 Å². The van der Waals surface area contributed by atoms with Gasteiger partial charge in [0.2, 0.25) is 0 Å². The summed E-state index contributed by atoms with van der Waals surface area (Å²) < 4.78 is 0. The van der Waals surface area contributed by atoms with Crippen LogP contribution in [-0.2, 0) is 0 Å². The van der Waals surface area contributed by atoms with E-state index in [1.807, 2.05) is 6.07 Å². The summed E-state index contributed by atoms with van der Waals surface area (Å²) in [6.07, 6.45) is 0. The van der Waals surface area contributed by atoms with E-state index in [1.165, 1.54) is 0 Å². The maximum atomic E-state index is 5.97. The van der Waals surface area contributed by atoms with E-state index in [1.54, 1.807) is 24.3 Å². The van der Waals surface area contributed by atoms with Crippen LogP contribution in [0.15, 0.2) is 30.3 Å². The van der Waals surface area contributed by atoms with Crippen LogP contribution in [0.4, 0.5) is 5.69 Å². The molecule has 0 saturated carbocycles. The third kappa shape index (κ3) is 2.63. The monoisotopic (exact) mass is 305 g/mol. The minimum absolute atomic E-state index is 0.372. The highest BCUT2D eigenvalue weighted by Gasteiger charge is 2.08. The molecule has 2 aromatic rings. The summed E-state index contributed by atoms with van der Waals surface area (Å²) in [5.74, 6) is 0. The van der Waals surface area contributed by atoms with Crippen molar-refractivity contribution in [2.45, 2.75) is 0 Å². The van der Waals surface area contributed by atoms with Crippen LogP contribution in [0, 0.1) is 0 Å². The van der Waals surface area contributed by atoms with Crippen molar-refractivity contribution < 1.29 is 0 Å². The molecule has 0 unspecified atom stereocenters. The van der Waals surface area contributed by atoms with E-state index in [0.29, 0.717) is 25.8 Å². The Labute approximate surface area is 119 Å². The molecular weight excluding hydrogens is 300 g/mol. The van der Waals surface area contributed by atoms with Crippen LogP contribution in [-0.4, -0.2) is 0 Å². The average Bonchev–Trinajstić information content (AvgIpc) is 2.29. The zero-order valence-corrected chi connectivity index (χ0v) is 11.5. The van der Waals surface area contributed by atoms with Gasteiger partial charge in [-0.25, -0.2) is 0 Å². The first kappa shape index (κ1) is 12.8. The minimum atomic E-state index is 0.372. The van der Waals surface area contributed by atoms with Gasteiger partial charge in [-0.15, -0.1) is 0 Å². The SMILES string of the molecule is Nc1c(Cl)cc(-c2ccc(Cl)c(Cl)c2)cc1Cl. The molecule has 5 heteroatoms. The highest BCUT2D eigenvalue weighted by atomic mass is 35.5. The molecule has 2 N–H and O–H groups in total. The molecular formula is C12H7Cl4N. The van der Waals surface area contributed by atoms with Gasteiger partial charge in [0, 0.05) is 0 Å². The van der Waals surface area contributed by atoms with Crippen LogP contribution < -0.4 is 5.73 Å². The second-order valence-electron chi connectivity index (χ2n) is 3.48. The fraction of sp³-hybridized carbons (Fsp3) is 0. The van der Waals surface area contributed by atoms with E-state index in [0.717, 1.165) is 11.1 Å². The molecule has 0 atom stereocenters. The van der Waals surface area contributed by atoms with E-state index < -0.39 is 0 Å². The molecule has 2 aromatic carbocycles. The lowest BCUT2D eigenvalue weighted by atomic mass is 10.1. The van der Waals surface area contributed by atoms with Crippen LogP contribution in [0.2, 0.25) is 20.1 Å². The first-order valence-corrected chi connectivity index (χ1v) is 6.20. The van der Waals surface area contributed by atoms with Crippen LogP contribution in [0.5, 0.6) is 0 Å². The van der Waals surface area contributed by atoms with Gasteiger partial charge in [0.25, 0.3) is 0 Å². The number of nitrogens with two attached hydrogens (primary N) is 1. The fourth-order valence-corrected chi connectivity index (χ4v) is 2.21. The number of halogens is 4. The molecule has 2 rings (SSSR count). The molecule has 0 aromatic heterocycles. The second-order valence-corrected chi connectivity index (χ2v) is 5.11. The van der Waals surface area contributed by atoms with E-state index in [9.17, 15) is 0 Å².